The van der Waals surface area contributed by atoms with Crippen molar-refractivity contribution < 1.29 is 22.6 Å². The largest absolute Gasteiger partial charge is 0.497 e. The van der Waals surface area contributed by atoms with Gasteiger partial charge in [-0.15, -0.1) is 0 Å². The number of benzene rings is 3. The smallest absolute Gasteiger partial charge is 0.406 e. The molecule has 4 aromatic rings. The number of hydrogen-bond acceptors (Lipinski definition) is 5. The lowest BCUT2D eigenvalue weighted by molar-refractivity contribution is -0.139. The molecule has 6 nitrogen and oxygen atoms in total. The zero-order valence-corrected chi connectivity index (χ0v) is 24.5. The summed E-state index contributed by atoms with van der Waals surface area (Å²) >= 11 is 0. The van der Waals surface area contributed by atoms with Crippen molar-refractivity contribution in [2.24, 2.45) is 0 Å². The predicted octanol–water partition coefficient (Wildman–Crippen LogP) is 7.55. The summed E-state index contributed by atoms with van der Waals surface area (Å²) in [6, 6.07) is 23.9. The van der Waals surface area contributed by atoms with Crippen LogP contribution in [0.2, 0.25) is 0 Å². The normalized spacial score (nSPS) is 17.3. The molecule has 9 heteroatoms. The van der Waals surface area contributed by atoms with Gasteiger partial charge in [0.1, 0.15) is 12.3 Å². The molecular weight excluding hydrogens is 553 g/mol. The van der Waals surface area contributed by atoms with E-state index in [-0.39, 0.29) is 6.04 Å². The van der Waals surface area contributed by atoms with Crippen LogP contribution in [-0.2, 0) is 17.8 Å². The van der Waals surface area contributed by atoms with Crippen LogP contribution in [0, 0.1) is 0 Å². The molecule has 0 unspecified atom stereocenters. The molecule has 2 saturated heterocycles. The number of methoxy groups -OCH3 is 1. The molecule has 2 aliphatic heterocycles. The molecule has 2 fully saturated rings. The summed E-state index contributed by atoms with van der Waals surface area (Å²) in [4.78, 5) is 2.58. The number of halogens is 3. The first-order valence-corrected chi connectivity index (χ1v) is 15.1. The fourth-order valence-corrected chi connectivity index (χ4v) is 6.38. The number of aromatic nitrogens is 1. The zero-order valence-electron chi connectivity index (χ0n) is 24.5. The maximum atomic E-state index is 13.8. The van der Waals surface area contributed by atoms with Gasteiger partial charge in [-0.1, -0.05) is 30.3 Å². The molecule has 0 spiro atoms. The van der Waals surface area contributed by atoms with Crippen LogP contribution in [-0.4, -0.2) is 61.1 Å². The van der Waals surface area contributed by atoms with E-state index in [4.69, 9.17) is 9.47 Å². The maximum absolute atomic E-state index is 13.8. The SMILES string of the molecule is COc1ccc(NCc2ccc(-c3cc4c(NC5CCN(C6CCOCC6)CC5)cccc4n3CC(F)(F)F)cc2)cc1. The molecule has 0 amide bonds. The van der Waals surface area contributed by atoms with Gasteiger partial charge in [0.2, 0.25) is 0 Å². The molecule has 3 aromatic carbocycles. The van der Waals surface area contributed by atoms with Gasteiger partial charge in [0.25, 0.3) is 0 Å². The predicted molar refractivity (Wildman–Crippen MR) is 166 cm³/mol. The Hall–Kier alpha value is -3.69. The first kappa shape index (κ1) is 29.4. The van der Waals surface area contributed by atoms with Gasteiger partial charge in [-0.05, 0) is 79.3 Å². The Balaban J connectivity index is 1.20. The Kier molecular flexibility index (Phi) is 8.81. The number of hydrogen-bond donors (Lipinski definition) is 2. The van der Waals surface area contributed by atoms with Gasteiger partial charge in [0, 0.05) is 67.4 Å². The topological polar surface area (TPSA) is 50.7 Å². The number of anilines is 2. The first-order valence-electron chi connectivity index (χ1n) is 15.1. The third-order valence-corrected chi connectivity index (χ3v) is 8.72. The molecule has 1 aromatic heterocycles. The molecule has 0 saturated carbocycles. The van der Waals surface area contributed by atoms with E-state index in [9.17, 15) is 13.2 Å². The summed E-state index contributed by atoms with van der Waals surface area (Å²) in [5.74, 6) is 0.790. The van der Waals surface area contributed by atoms with Crippen molar-refractivity contribution in [1.29, 1.82) is 0 Å². The number of nitrogens with one attached hydrogen (secondary N) is 2. The number of rotatable bonds is 9. The second kappa shape index (κ2) is 12.9. The minimum Gasteiger partial charge on any atom is -0.497 e. The van der Waals surface area contributed by atoms with E-state index in [1.54, 1.807) is 13.2 Å². The van der Waals surface area contributed by atoms with Crippen LogP contribution >= 0.6 is 0 Å². The first-order chi connectivity index (χ1) is 20.9. The van der Waals surface area contributed by atoms with Crippen LogP contribution in [0.1, 0.15) is 31.2 Å². The Morgan fingerprint density at radius 2 is 1.63 bits per heavy atom. The van der Waals surface area contributed by atoms with Crippen molar-refractivity contribution in [3.8, 4) is 17.0 Å². The standard InChI is InChI=1S/C34H39F3N4O2/c1-42-29-11-9-26(10-12-29)38-22-24-5-7-25(8-6-24)33-21-30-31(3-2-4-32(30)41(33)23-34(35,36)37)39-27-13-17-40(18-14-27)28-15-19-43-20-16-28/h2-12,21,27-28,38-39H,13-20,22-23H2,1H3. The number of ether oxygens (including phenoxy) is 2. The summed E-state index contributed by atoms with van der Waals surface area (Å²) in [5, 5.41) is 7.88. The van der Waals surface area contributed by atoms with E-state index in [1.165, 1.54) is 4.57 Å². The van der Waals surface area contributed by atoms with Crippen LogP contribution in [0.15, 0.2) is 72.8 Å². The lowest BCUT2D eigenvalue weighted by atomic mass is 9.99. The van der Waals surface area contributed by atoms with Crippen molar-refractivity contribution in [1.82, 2.24) is 9.47 Å². The number of nitrogens with zero attached hydrogens (tertiary/aromatic N) is 2. The Morgan fingerprint density at radius 3 is 2.30 bits per heavy atom. The summed E-state index contributed by atoms with van der Waals surface area (Å²) in [7, 11) is 1.63. The van der Waals surface area contributed by atoms with Gasteiger partial charge in [0.05, 0.1) is 12.6 Å². The minimum atomic E-state index is -4.34. The highest BCUT2D eigenvalue weighted by atomic mass is 19.4. The summed E-state index contributed by atoms with van der Waals surface area (Å²) in [5.41, 5.74) is 4.79. The molecule has 6 rings (SSSR count). The van der Waals surface area contributed by atoms with Crippen molar-refractivity contribution >= 4 is 22.3 Å². The monoisotopic (exact) mass is 592 g/mol. The van der Waals surface area contributed by atoms with E-state index >= 15 is 0 Å². The average molecular weight is 593 g/mol. The molecule has 43 heavy (non-hydrogen) atoms. The third-order valence-electron chi connectivity index (χ3n) is 8.72. The Bertz CT molecular complexity index is 1490. The van der Waals surface area contributed by atoms with Gasteiger partial charge in [-0.3, -0.25) is 0 Å². The number of alkyl halides is 3. The minimum absolute atomic E-state index is 0.286. The fourth-order valence-electron chi connectivity index (χ4n) is 6.38. The summed E-state index contributed by atoms with van der Waals surface area (Å²) in [6.45, 7) is 3.28. The fraction of sp³-hybridized carbons (Fsp3) is 0.412. The summed E-state index contributed by atoms with van der Waals surface area (Å²) < 4.78 is 53.6. The molecule has 2 N–H and O–H groups in total. The van der Waals surface area contributed by atoms with Crippen LogP contribution in [0.4, 0.5) is 24.5 Å². The summed E-state index contributed by atoms with van der Waals surface area (Å²) in [6.07, 6.45) is -0.144. The lowest BCUT2D eigenvalue weighted by Gasteiger charge is -2.39. The highest BCUT2D eigenvalue weighted by Crippen LogP contribution is 2.36. The Morgan fingerprint density at radius 1 is 0.907 bits per heavy atom. The number of likely N-dealkylation sites (tertiary alicyclic amines) is 1. The lowest BCUT2D eigenvalue weighted by Crippen LogP contribution is -2.46. The molecule has 2 aliphatic rings. The zero-order chi connectivity index (χ0) is 29.8. The van der Waals surface area contributed by atoms with Gasteiger partial charge >= 0.3 is 6.18 Å². The number of piperidine rings is 1. The van der Waals surface area contributed by atoms with Crippen molar-refractivity contribution in [2.45, 2.75) is 57.0 Å². The van der Waals surface area contributed by atoms with Crippen LogP contribution in [0.5, 0.6) is 5.75 Å². The van der Waals surface area contributed by atoms with Crippen molar-refractivity contribution in [3.63, 3.8) is 0 Å². The molecule has 0 aliphatic carbocycles. The molecule has 0 atom stereocenters. The molecule has 3 heterocycles. The van der Waals surface area contributed by atoms with Crippen LogP contribution in [0.25, 0.3) is 22.2 Å². The molecule has 0 radical (unpaired) electrons. The van der Waals surface area contributed by atoms with Crippen molar-refractivity contribution in [2.75, 3.05) is 44.0 Å². The molecule has 228 valence electrons. The Labute approximate surface area is 250 Å². The second-order valence-electron chi connectivity index (χ2n) is 11.5. The highest BCUT2D eigenvalue weighted by molar-refractivity contribution is 5.96. The average Bonchev–Trinajstić information content (AvgIpc) is 3.39. The van der Waals surface area contributed by atoms with Gasteiger partial charge < -0.3 is 29.6 Å². The van der Waals surface area contributed by atoms with Gasteiger partial charge in [0.15, 0.2) is 0 Å². The van der Waals surface area contributed by atoms with E-state index in [2.05, 4.69) is 15.5 Å². The van der Waals surface area contributed by atoms with Crippen LogP contribution < -0.4 is 15.4 Å². The maximum Gasteiger partial charge on any atom is 0.406 e. The van der Waals surface area contributed by atoms with E-state index in [0.717, 1.165) is 85.6 Å². The van der Waals surface area contributed by atoms with E-state index < -0.39 is 12.7 Å². The van der Waals surface area contributed by atoms with Crippen LogP contribution in [0.3, 0.4) is 0 Å². The molecule has 0 bridgehead atoms. The number of fused-ring (bicyclic) bond motifs is 1. The molecular formula is C34H39F3N4O2. The van der Waals surface area contributed by atoms with Gasteiger partial charge in [-0.2, -0.15) is 13.2 Å². The van der Waals surface area contributed by atoms with E-state index in [1.807, 2.05) is 66.7 Å². The van der Waals surface area contributed by atoms with Crippen molar-refractivity contribution in [3.05, 3.63) is 78.4 Å². The third kappa shape index (κ3) is 7.11. The van der Waals surface area contributed by atoms with Gasteiger partial charge in [-0.25, -0.2) is 0 Å². The quantitative estimate of drug-likeness (QED) is 0.210. The highest BCUT2D eigenvalue weighted by Gasteiger charge is 2.31. The second-order valence-corrected chi connectivity index (χ2v) is 11.5. The van der Waals surface area contributed by atoms with E-state index in [0.29, 0.717) is 23.8 Å².